The Morgan fingerprint density at radius 1 is 1.23 bits per heavy atom. The van der Waals surface area contributed by atoms with Gasteiger partial charge >= 0.3 is 6.09 Å². The van der Waals surface area contributed by atoms with E-state index in [0.29, 0.717) is 25.4 Å². The van der Waals surface area contributed by atoms with E-state index in [-0.39, 0.29) is 24.0 Å². The van der Waals surface area contributed by atoms with Gasteiger partial charge in [-0.15, -0.1) is 0 Å². The van der Waals surface area contributed by atoms with Crippen LogP contribution in [0.1, 0.15) is 59.9 Å². The molecule has 0 aliphatic carbocycles. The van der Waals surface area contributed by atoms with Crippen molar-refractivity contribution in [3.8, 4) is 0 Å². The molecule has 2 rings (SSSR count). The Morgan fingerprint density at radius 2 is 1.90 bits per heavy atom. The van der Waals surface area contributed by atoms with Gasteiger partial charge in [-0.3, -0.25) is 4.79 Å². The summed E-state index contributed by atoms with van der Waals surface area (Å²) in [7, 11) is 0. The Morgan fingerprint density at radius 3 is 2.50 bits per heavy atom. The molecular weight excluding hydrogens is 378 g/mol. The summed E-state index contributed by atoms with van der Waals surface area (Å²) in [4.78, 5) is 27.5. The summed E-state index contributed by atoms with van der Waals surface area (Å²) >= 11 is 0. The van der Waals surface area contributed by atoms with Gasteiger partial charge in [-0.2, -0.15) is 0 Å². The van der Waals surface area contributed by atoms with Crippen LogP contribution in [-0.2, 0) is 16.0 Å². The van der Waals surface area contributed by atoms with Crippen LogP contribution in [-0.4, -0.2) is 53.7 Å². The molecule has 0 aromatic heterocycles. The molecule has 1 aliphatic heterocycles. The zero-order valence-corrected chi connectivity index (χ0v) is 19.4. The van der Waals surface area contributed by atoms with Crippen molar-refractivity contribution < 1.29 is 14.3 Å². The van der Waals surface area contributed by atoms with E-state index in [1.165, 1.54) is 0 Å². The highest BCUT2D eigenvalue weighted by Crippen LogP contribution is 2.18. The summed E-state index contributed by atoms with van der Waals surface area (Å²) in [5.74, 6) is 0.674. The maximum atomic E-state index is 13.4. The number of amides is 2. The Hall–Kier alpha value is -2.08. The molecule has 2 amide bonds. The quantitative estimate of drug-likeness (QED) is 0.709. The van der Waals surface area contributed by atoms with Gasteiger partial charge in [0, 0.05) is 25.2 Å². The third-order valence-corrected chi connectivity index (χ3v) is 5.26. The molecule has 0 spiro atoms. The summed E-state index contributed by atoms with van der Waals surface area (Å²) in [6, 6.07) is 9.97. The summed E-state index contributed by atoms with van der Waals surface area (Å²) in [6.45, 7) is 13.2. The van der Waals surface area contributed by atoms with Crippen LogP contribution in [0.4, 0.5) is 4.79 Å². The number of hydrogen-bond acceptors (Lipinski definition) is 4. The highest BCUT2D eigenvalue weighted by molar-refractivity contribution is 5.83. The number of carbonyl (C=O) groups excluding carboxylic acids is 2. The minimum Gasteiger partial charge on any atom is -0.444 e. The van der Waals surface area contributed by atoms with Gasteiger partial charge in [0.2, 0.25) is 5.91 Å². The molecule has 0 radical (unpaired) electrons. The minimum absolute atomic E-state index is 0.00595. The molecule has 3 atom stereocenters. The van der Waals surface area contributed by atoms with E-state index in [0.717, 1.165) is 18.4 Å². The van der Waals surface area contributed by atoms with Crippen molar-refractivity contribution in [2.75, 3.05) is 13.1 Å². The van der Waals surface area contributed by atoms with Gasteiger partial charge in [-0.05, 0) is 58.4 Å². The molecule has 1 aliphatic rings. The van der Waals surface area contributed by atoms with Crippen molar-refractivity contribution in [3.05, 3.63) is 35.9 Å². The van der Waals surface area contributed by atoms with Crippen molar-refractivity contribution in [2.45, 2.75) is 84.5 Å². The van der Waals surface area contributed by atoms with Crippen LogP contribution >= 0.6 is 0 Å². The number of rotatable bonds is 7. The van der Waals surface area contributed by atoms with Crippen molar-refractivity contribution in [2.24, 2.45) is 5.92 Å². The zero-order chi connectivity index (χ0) is 22.3. The fourth-order valence-electron chi connectivity index (χ4n) is 3.97. The molecule has 168 valence electrons. The first-order chi connectivity index (χ1) is 14.0. The monoisotopic (exact) mass is 417 g/mol. The maximum absolute atomic E-state index is 13.4. The first kappa shape index (κ1) is 24.2. The molecule has 1 unspecified atom stereocenters. The van der Waals surface area contributed by atoms with E-state index in [2.05, 4.69) is 43.5 Å². The third-order valence-electron chi connectivity index (χ3n) is 5.26. The Kier molecular flexibility index (Phi) is 8.71. The Labute approximate surface area is 181 Å². The molecule has 30 heavy (non-hydrogen) atoms. The standard InChI is InChI=1S/C24H39N3O3/c1-17(2)14-18(3)27-13-12-20(16-25-23(29)30-24(4,5)6)26-21(22(27)28)15-19-10-8-7-9-11-19/h7-11,17-18,20-21,26H,12-16H2,1-6H3,(H,25,29)/t18-,20?,21+/m1/s1. The molecule has 0 bridgehead atoms. The maximum Gasteiger partial charge on any atom is 0.407 e. The van der Waals surface area contributed by atoms with Gasteiger partial charge in [0.15, 0.2) is 0 Å². The minimum atomic E-state index is -0.532. The summed E-state index contributed by atoms with van der Waals surface area (Å²) in [5.41, 5.74) is 0.594. The van der Waals surface area contributed by atoms with Gasteiger partial charge < -0.3 is 20.3 Å². The molecule has 1 aromatic carbocycles. The predicted octanol–water partition coefficient (Wildman–Crippen LogP) is 3.75. The van der Waals surface area contributed by atoms with Gasteiger partial charge in [-0.1, -0.05) is 44.2 Å². The zero-order valence-electron chi connectivity index (χ0n) is 19.4. The molecule has 0 saturated carbocycles. The van der Waals surface area contributed by atoms with Crippen molar-refractivity contribution in [1.82, 2.24) is 15.5 Å². The van der Waals surface area contributed by atoms with Crippen molar-refractivity contribution in [1.29, 1.82) is 0 Å². The van der Waals surface area contributed by atoms with Crippen LogP contribution in [0.5, 0.6) is 0 Å². The van der Waals surface area contributed by atoms with E-state index in [1.54, 1.807) is 0 Å². The fourth-order valence-corrected chi connectivity index (χ4v) is 3.97. The SMILES string of the molecule is CC(C)C[C@@H](C)N1CCC(CNC(=O)OC(C)(C)C)N[C@@H](Cc2ccccc2)C1=O. The fraction of sp³-hybridized carbons (Fsp3) is 0.667. The lowest BCUT2D eigenvalue weighted by Crippen LogP contribution is -2.51. The van der Waals surface area contributed by atoms with E-state index < -0.39 is 11.7 Å². The number of nitrogens with zero attached hydrogens (tertiary/aromatic N) is 1. The van der Waals surface area contributed by atoms with E-state index in [1.807, 2.05) is 43.9 Å². The molecule has 1 aromatic rings. The second-order valence-electron chi connectivity index (χ2n) is 9.79. The lowest BCUT2D eigenvalue weighted by atomic mass is 10.0. The molecule has 1 heterocycles. The highest BCUT2D eigenvalue weighted by atomic mass is 16.6. The number of carbonyl (C=O) groups is 2. The van der Waals surface area contributed by atoms with Gasteiger partial charge in [0.1, 0.15) is 5.60 Å². The number of alkyl carbamates (subject to hydrolysis) is 1. The number of benzene rings is 1. The Bertz CT molecular complexity index is 685. The van der Waals surface area contributed by atoms with Crippen LogP contribution in [0, 0.1) is 5.92 Å². The molecule has 1 fully saturated rings. The average molecular weight is 418 g/mol. The van der Waals surface area contributed by atoms with Gasteiger partial charge in [0.05, 0.1) is 6.04 Å². The largest absolute Gasteiger partial charge is 0.444 e. The smallest absolute Gasteiger partial charge is 0.407 e. The molecular formula is C24H39N3O3. The highest BCUT2D eigenvalue weighted by Gasteiger charge is 2.33. The molecule has 1 saturated heterocycles. The summed E-state index contributed by atoms with van der Waals surface area (Å²) in [5, 5.41) is 6.37. The third kappa shape index (κ3) is 7.98. The molecule has 6 heteroatoms. The number of hydrogen-bond donors (Lipinski definition) is 2. The van der Waals surface area contributed by atoms with Gasteiger partial charge in [-0.25, -0.2) is 4.79 Å². The first-order valence-electron chi connectivity index (χ1n) is 11.1. The second-order valence-corrected chi connectivity index (χ2v) is 9.79. The van der Waals surface area contributed by atoms with E-state index >= 15 is 0 Å². The average Bonchev–Trinajstić information content (AvgIpc) is 2.78. The van der Waals surface area contributed by atoms with Gasteiger partial charge in [0.25, 0.3) is 0 Å². The van der Waals surface area contributed by atoms with Crippen molar-refractivity contribution >= 4 is 12.0 Å². The second kappa shape index (κ2) is 10.8. The molecule has 6 nitrogen and oxygen atoms in total. The van der Waals surface area contributed by atoms with Crippen LogP contribution in [0.25, 0.3) is 0 Å². The van der Waals surface area contributed by atoms with Crippen LogP contribution < -0.4 is 10.6 Å². The first-order valence-corrected chi connectivity index (χ1v) is 11.1. The lowest BCUT2D eigenvalue weighted by molar-refractivity contribution is -0.134. The van der Waals surface area contributed by atoms with Crippen LogP contribution in [0.2, 0.25) is 0 Å². The number of ether oxygens (including phenoxy) is 1. The Balaban J connectivity index is 2.10. The molecule has 2 N–H and O–H groups in total. The summed E-state index contributed by atoms with van der Waals surface area (Å²) < 4.78 is 5.35. The summed E-state index contributed by atoms with van der Waals surface area (Å²) in [6.07, 6.45) is 1.97. The van der Waals surface area contributed by atoms with Crippen LogP contribution in [0.3, 0.4) is 0 Å². The number of nitrogens with one attached hydrogen (secondary N) is 2. The lowest BCUT2D eigenvalue weighted by Gasteiger charge is -2.31. The van der Waals surface area contributed by atoms with E-state index in [4.69, 9.17) is 4.74 Å². The topological polar surface area (TPSA) is 70.7 Å². The normalized spacial score (nSPS) is 21.3. The van der Waals surface area contributed by atoms with E-state index in [9.17, 15) is 9.59 Å². The van der Waals surface area contributed by atoms with Crippen LogP contribution in [0.15, 0.2) is 30.3 Å². The van der Waals surface area contributed by atoms with Crippen molar-refractivity contribution in [3.63, 3.8) is 0 Å². The predicted molar refractivity (Wildman–Crippen MR) is 120 cm³/mol.